The van der Waals surface area contributed by atoms with Gasteiger partial charge in [-0.3, -0.25) is 4.79 Å². The largest absolute Gasteiger partial charge is 0.339 e. The molecule has 1 aliphatic rings. The summed E-state index contributed by atoms with van der Waals surface area (Å²) in [4.78, 5) is 25.3. The van der Waals surface area contributed by atoms with Crippen LogP contribution in [0, 0.1) is 0 Å². The molecule has 1 aliphatic heterocycles. The smallest absolute Gasteiger partial charge is 0.319 e. The van der Waals surface area contributed by atoms with Crippen molar-refractivity contribution in [1.29, 1.82) is 0 Å². The van der Waals surface area contributed by atoms with Gasteiger partial charge in [-0.15, -0.1) is 0 Å². The van der Waals surface area contributed by atoms with Crippen LogP contribution in [0.15, 0.2) is 18.2 Å². The van der Waals surface area contributed by atoms with Gasteiger partial charge in [-0.25, -0.2) is 4.79 Å². The number of piperazine rings is 1. The summed E-state index contributed by atoms with van der Waals surface area (Å²) >= 11 is 11.7. The molecule has 0 bridgehead atoms. The van der Waals surface area contributed by atoms with Crippen molar-refractivity contribution in [1.82, 2.24) is 15.5 Å². The predicted octanol–water partition coefficient (Wildman–Crippen LogP) is 1.55. The first kappa shape index (κ1) is 15.9. The summed E-state index contributed by atoms with van der Waals surface area (Å²) in [6.07, 6.45) is 0. The van der Waals surface area contributed by atoms with Crippen molar-refractivity contribution in [3.05, 3.63) is 28.2 Å². The fourth-order valence-electron chi connectivity index (χ4n) is 1.98. The molecule has 21 heavy (non-hydrogen) atoms. The molecule has 1 aromatic carbocycles. The van der Waals surface area contributed by atoms with Crippen LogP contribution in [0.1, 0.15) is 0 Å². The van der Waals surface area contributed by atoms with Crippen molar-refractivity contribution in [2.75, 3.05) is 38.0 Å². The van der Waals surface area contributed by atoms with Gasteiger partial charge in [0.25, 0.3) is 0 Å². The second kappa shape index (κ2) is 7.49. The van der Waals surface area contributed by atoms with Crippen molar-refractivity contribution in [3.63, 3.8) is 0 Å². The Hall–Kier alpha value is -1.50. The van der Waals surface area contributed by atoms with Crippen LogP contribution in [0.2, 0.25) is 10.0 Å². The molecule has 1 aromatic rings. The third-order valence-electron chi connectivity index (χ3n) is 2.99. The Morgan fingerprint density at radius 2 is 1.76 bits per heavy atom. The summed E-state index contributed by atoms with van der Waals surface area (Å²) in [5.41, 5.74) is 0.472. The number of nitrogens with one attached hydrogen (secondary N) is 3. The Kier molecular flexibility index (Phi) is 5.67. The minimum atomic E-state index is -0.475. The zero-order chi connectivity index (χ0) is 15.2. The summed E-state index contributed by atoms with van der Waals surface area (Å²) in [5.74, 6) is -0.101. The second-order valence-corrected chi connectivity index (χ2v) is 5.47. The molecule has 0 saturated carbocycles. The van der Waals surface area contributed by atoms with Gasteiger partial charge >= 0.3 is 6.03 Å². The number of anilines is 1. The quantitative estimate of drug-likeness (QED) is 0.787. The summed E-state index contributed by atoms with van der Waals surface area (Å²) < 4.78 is 0. The van der Waals surface area contributed by atoms with Crippen LogP contribution in [-0.2, 0) is 4.79 Å². The van der Waals surface area contributed by atoms with Gasteiger partial charge in [0, 0.05) is 41.9 Å². The lowest BCUT2D eigenvalue weighted by atomic mass is 10.3. The summed E-state index contributed by atoms with van der Waals surface area (Å²) in [7, 11) is 0. The summed E-state index contributed by atoms with van der Waals surface area (Å²) in [6.45, 7) is 2.83. The Balaban J connectivity index is 1.80. The minimum absolute atomic E-state index is 0.0415. The number of rotatable bonds is 3. The first-order valence-corrected chi connectivity index (χ1v) is 7.29. The van der Waals surface area contributed by atoms with Gasteiger partial charge in [-0.2, -0.15) is 0 Å². The second-order valence-electron chi connectivity index (χ2n) is 4.60. The van der Waals surface area contributed by atoms with Crippen LogP contribution >= 0.6 is 23.2 Å². The average molecular weight is 331 g/mol. The van der Waals surface area contributed by atoms with Crippen molar-refractivity contribution < 1.29 is 9.59 Å². The van der Waals surface area contributed by atoms with Gasteiger partial charge in [0.1, 0.15) is 0 Å². The highest BCUT2D eigenvalue weighted by Crippen LogP contribution is 2.22. The molecule has 0 radical (unpaired) electrons. The molecule has 3 N–H and O–H groups in total. The van der Waals surface area contributed by atoms with Crippen molar-refractivity contribution in [2.24, 2.45) is 0 Å². The van der Waals surface area contributed by atoms with E-state index in [1.807, 2.05) is 0 Å². The molecule has 1 saturated heterocycles. The highest BCUT2D eigenvalue weighted by atomic mass is 35.5. The highest BCUT2D eigenvalue weighted by molar-refractivity contribution is 6.35. The third-order valence-corrected chi connectivity index (χ3v) is 3.43. The molecule has 8 heteroatoms. The fraction of sp³-hybridized carbons (Fsp3) is 0.385. The normalized spacial score (nSPS) is 14.7. The van der Waals surface area contributed by atoms with Crippen LogP contribution in [0.4, 0.5) is 10.5 Å². The number of carbonyl (C=O) groups excluding carboxylic acids is 2. The molecule has 0 unspecified atom stereocenters. The monoisotopic (exact) mass is 330 g/mol. The lowest BCUT2D eigenvalue weighted by Crippen LogP contribution is -2.49. The Morgan fingerprint density at radius 1 is 1.14 bits per heavy atom. The van der Waals surface area contributed by atoms with E-state index in [9.17, 15) is 9.59 Å². The molecular weight excluding hydrogens is 315 g/mol. The molecule has 1 heterocycles. The first-order valence-electron chi connectivity index (χ1n) is 6.54. The van der Waals surface area contributed by atoms with E-state index in [2.05, 4.69) is 16.0 Å². The number of hydrogen-bond acceptors (Lipinski definition) is 3. The van der Waals surface area contributed by atoms with Gasteiger partial charge in [-0.1, -0.05) is 23.2 Å². The molecule has 0 atom stereocenters. The van der Waals surface area contributed by atoms with E-state index in [1.54, 1.807) is 23.1 Å². The Bertz CT molecular complexity index is 513. The molecule has 1 fully saturated rings. The van der Waals surface area contributed by atoms with E-state index < -0.39 is 6.03 Å². The minimum Gasteiger partial charge on any atom is -0.339 e. The van der Waals surface area contributed by atoms with Gasteiger partial charge in [-0.05, 0) is 18.2 Å². The lowest BCUT2D eigenvalue weighted by molar-refractivity contribution is -0.130. The van der Waals surface area contributed by atoms with Crippen LogP contribution in [0.5, 0.6) is 0 Å². The Morgan fingerprint density at radius 3 is 2.38 bits per heavy atom. The number of amides is 3. The molecule has 3 amide bonds. The van der Waals surface area contributed by atoms with E-state index >= 15 is 0 Å². The van der Waals surface area contributed by atoms with Crippen LogP contribution in [-0.4, -0.2) is 49.6 Å². The predicted molar refractivity (Wildman–Crippen MR) is 82.9 cm³/mol. The number of carbonyl (C=O) groups is 2. The van der Waals surface area contributed by atoms with E-state index in [1.165, 1.54) is 0 Å². The van der Waals surface area contributed by atoms with Crippen LogP contribution in [0.25, 0.3) is 0 Å². The first-order chi connectivity index (χ1) is 10.0. The maximum atomic E-state index is 11.9. The fourth-order valence-corrected chi connectivity index (χ4v) is 2.51. The van der Waals surface area contributed by atoms with Gasteiger partial charge in [0.15, 0.2) is 0 Å². The van der Waals surface area contributed by atoms with E-state index in [4.69, 9.17) is 23.2 Å². The van der Waals surface area contributed by atoms with Gasteiger partial charge in [0.2, 0.25) is 5.91 Å². The summed E-state index contributed by atoms with van der Waals surface area (Å²) in [5, 5.41) is 9.11. The topological polar surface area (TPSA) is 73.5 Å². The summed E-state index contributed by atoms with van der Waals surface area (Å²) in [6, 6.07) is 4.24. The van der Waals surface area contributed by atoms with E-state index in [0.29, 0.717) is 28.8 Å². The van der Waals surface area contributed by atoms with Crippen molar-refractivity contribution >= 4 is 40.8 Å². The SMILES string of the molecule is O=C(NCC(=O)N1CCNCC1)Nc1cc(Cl)cc(Cl)c1. The lowest BCUT2D eigenvalue weighted by Gasteiger charge is -2.27. The number of nitrogens with zero attached hydrogens (tertiary/aromatic N) is 1. The molecule has 114 valence electrons. The van der Waals surface area contributed by atoms with Gasteiger partial charge < -0.3 is 20.9 Å². The number of halogens is 2. The number of urea groups is 1. The zero-order valence-electron chi connectivity index (χ0n) is 11.3. The molecule has 0 aromatic heterocycles. The molecule has 0 aliphatic carbocycles. The average Bonchev–Trinajstić information content (AvgIpc) is 2.44. The van der Waals surface area contributed by atoms with Gasteiger partial charge in [0.05, 0.1) is 6.54 Å². The van der Waals surface area contributed by atoms with E-state index in [-0.39, 0.29) is 12.5 Å². The molecule has 2 rings (SSSR count). The molecule has 0 spiro atoms. The standard InChI is InChI=1S/C13H16Cl2N4O2/c14-9-5-10(15)7-11(6-9)18-13(21)17-8-12(20)19-3-1-16-2-4-19/h5-7,16H,1-4,8H2,(H2,17,18,21). The maximum absolute atomic E-state index is 11.9. The van der Waals surface area contributed by atoms with Crippen molar-refractivity contribution in [2.45, 2.75) is 0 Å². The van der Waals surface area contributed by atoms with Crippen molar-refractivity contribution in [3.8, 4) is 0 Å². The number of benzene rings is 1. The van der Waals surface area contributed by atoms with E-state index in [0.717, 1.165) is 13.1 Å². The highest BCUT2D eigenvalue weighted by Gasteiger charge is 2.16. The maximum Gasteiger partial charge on any atom is 0.319 e. The third kappa shape index (κ3) is 5.08. The molecule has 6 nitrogen and oxygen atoms in total. The zero-order valence-corrected chi connectivity index (χ0v) is 12.8. The number of hydrogen-bond donors (Lipinski definition) is 3. The van der Waals surface area contributed by atoms with Crippen LogP contribution in [0.3, 0.4) is 0 Å². The Labute approximate surface area is 132 Å². The van der Waals surface area contributed by atoms with Crippen LogP contribution < -0.4 is 16.0 Å². The molecular formula is C13H16Cl2N4O2.